The summed E-state index contributed by atoms with van der Waals surface area (Å²) in [6, 6.07) is 0. The van der Waals surface area contributed by atoms with Crippen molar-refractivity contribution in [1.29, 1.82) is 0 Å². The standard InChI is InChI=1S/C16H23NO7/c1-4-9-8-16(9,15(20)23-5-2)17-13(18)11-6-10(24-21)7-12(11)14(19)22-3/h4,9-12,21H,1,5-8H2,2-3H3,(H,17,18)/t9-,10-,11-,12-,16-/m1/s1. The Balaban J connectivity index is 2.13. The zero-order valence-electron chi connectivity index (χ0n) is 13.8. The lowest BCUT2D eigenvalue weighted by atomic mass is 9.94. The molecule has 2 aliphatic rings. The number of carbonyl (C=O) groups excluding carboxylic acids is 3. The fraction of sp³-hybridized carbons (Fsp3) is 0.688. The van der Waals surface area contributed by atoms with Crippen LogP contribution in [0.25, 0.3) is 0 Å². The van der Waals surface area contributed by atoms with Gasteiger partial charge in [-0.3, -0.25) is 14.8 Å². The molecule has 8 nitrogen and oxygen atoms in total. The molecule has 0 aromatic rings. The molecular weight excluding hydrogens is 318 g/mol. The van der Waals surface area contributed by atoms with E-state index in [9.17, 15) is 14.4 Å². The molecule has 5 atom stereocenters. The lowest BCUT2D eigenvalue weighted by molar-refractivity contribution is -0.277. The molecule has 0 saturated heterocycles. The normalized spacial score (nSPS) is 34.3. The van der Waals surface area contributed by atoms with Crippen LogP contribution in [0.2, 0.25) is 0 Å². The maximum Gasteiger partial charge on any atom is 0.332 e. The van der Waals surface area contributed by atoms with E-state index in [1.54, 1.807) is 13.0 Å². The molecular formula is C16H23NO7. The van der Waals surface area contributed by atoms with Crippen LogP contribution in [0.3, 0.4) is 0 Å². The summed E-state index contributed by atoms with van der Waals surface area (Å²) in [5.41, 5.74) is -1.12. The van der Waals surface area contributed by atoms with Crippen LogP contribution in [0.15, 0.2) is 12.7 Å². The van der Waals surface area contributed by atoms with Gasteiger partial charge in [0.15, 0.2) is 0 Å². The number of methoxy groups -OCH3 is 1. The molecule has 0 aliphatic heterocycles. The van der Waals surface area contributed by atoms with Crippen molar-refractivity contribution in [2.75, 3.05) is 13.7 Å². The van der Waals surface area contributed by atoms with Crippen LogP contribution in [0.5, 0.6) is 0 Å². The Hall–Kier alpha value is -1.93. The van der Waals surface area contributed by atoms with Crippen LogP contribution < -0.4 is 5.32 Å². The first kappa shape index (κ1) is 18.4. The van der Waals surface area contributed by atoms with E-state index in [4.69, 9.17) is 14.7 Å². The predicted octanol–water partition coefficient (Wildman–Crippen LogP) is 0.668. The first-order valence-electron chi connectivity index (χ1n) is 7.93. The molecule has 0 aromatic heterocycles. The second-order valence-corrected chi connectivity index (χ2v) is 6.16. The van der Waals surface area contributed by atoms with E-state index in [1.807, 2.05) is 0 Å². The van der Waals surface area contributed by atoms with Crippen LogP contribution in [0, 0.1) is 17.8 Å². The van der Waals surface area contributed by atoms with Gasteiger partial charge in [-0.05, 0) is 26.2 Å². The number of hydrogen-bond donors (Lipinski definition) is 2. The van der Waals surface area contributed by atoms with E-state index >= 15 is 0 Å². The summed E-state index contributed by atoms with van der Waals surface area (Å²) in [4.78, 5) is 41.0. The Morgan fingerprint density at radius 1 is 1.33 bits per heavy atom. The number of amides is 1. The predicted molar refractivity (Wildman–Crippen MR) is 81.5 cm³/mol. The molecule has 2 N–H and O–H groups in total. The summed E-state index contributed by atoms with van der Waals surface area (Å²) in [5, 5.41) is 11.6. The van der Waals surface area contributed by atoms with Gasteiger partial charge < -0.3 is 14.8 Å². The van der Waals surface area contributed by atoms with Gasteiger partial charge in [0.05, 0.1) is 31.7 Å². The maximum absolute atomic E-state index is 12.7. The third-order valence-corrected chi connectivity index (χ3v) is 4.79. The molecule has 2 saturated carbocycles. The van der Waals surface area contributed by atoms with Crippen LogP contribution in [-0.4, -0.2) is 48.5 Å². The second-order valence-electron chi connectivity index (χ2n) is 6.16. The first-order chi connectivity index (χ1) is 11.4. The molecule has 2 aliphatic carbocycles. The molecule has 0 spiro atoms. The van der Waals surface area contributed by atoms with Gasteiger partial charge in [-0.2, -0.15) is 0 Å². The Bertz CT molecular complexity index is 535. The van der Waals surface area contributed by atoms with Gasteiger partial charge >= 0.3 is 11.9 Å². The third kappa shape index (κ3) is 3.29. The van der Waals surface area contributed by atoms with Gasteiger partial charge in [0.25, 0.3) is 0 Å². The summed E-state index contributed by atoms with van der Waals surface area (Å²) in [7, 11) is 1.24. The lowest BCUT2D eigenvalue weighted by Gasteiger charge is -2.22. The largest absolute Gasteiger partial charge is 0.469 e. The monoisotopic (exact) mass is 341 g/mol. The van der Waals surface area contributed by atoms with Gasteiger partial charge in [0, 0.05) is 5.92 Å². The number of ether oxygens (including phenoxy) is 2. The minimum absolute atomic E-state index is 0.166. The zero-order chi connectivity index (χ0) is 17.9. The van der Waals surface area contributed by atoms with Crippen molar-refractivity contribution in [2.45, 2.75) is 37.8 Å². The van der Waals surface area contributed by atoms with Crippen molar-refractivity contribution in [1.82, 2.24) is 5.32 Å². The minimum atomic E-state index is -1.12. The van der Waals surface area contributed by atoms with Crippen LogP contribution in [0.4, 0.5) is 0 Å². The number of rotatable bonds is 7. The molecule has 134 valence electrons. The van der Waals surface area contributed by atoms with Gasteiger partial charge in [-0.1, -0.05) is 6.08 Å². The third-order valence-electron chi connectivity index (χ3n) is 4.79. The highest BCUT2D eigenvalue weighted by Gasteiger charge is 2.62. The lowest BCUT2D eigenvalue weighted by Crippen LogP contribution is -2.49. The summed E-state index contributed by atoms with van der Waals surface area (Å²) < 4.78 is 9.76. The Morgan fingerprint density at radius 2 is 2.00 bits per heavy atom. The highest BCUT2D eigenvalue weighted by molar-refractivity contribution is 5.94. The maximum atomic E-state index is 12.7. The topological polar surface area (TPSA) is 111 Å². The van der Waals surface area contributed by atoms with Gasteiger partial charge in [-0.25, -0.2) is 9.68 Å². The Labute approximate surface area is 140 Å². The van der Waals surface area contributed by atoms with E-state index in [1.165, 1.54) is 7.11 Å². The van der Waals surface area contributed by atoms with E-state index in [-0.39, 0.29) is 25.4 Å². The average molecular weight is 341 g/mol. The highest BCUT2D eigenvalue weighted by atomic mass is 17.1. The SMILES string of the molecule is C=C[C@@H]1C[C@]1(NC(=O)[C@@H]1C[C@@H](OO)C[C@H]1C(=O)OC)C(=O)OCC. The second kappa shape index (κ2) is 7.31. The van der Waals surface area contributed by atoms with Crippen molar-refractivity contribution in [2.24, 2.45) is 17.8 Å². The van der Waals surface area contributed by atoms with Gasteiger partial charge in [-0.15, -0.1) is 6.58 Å². The molecule has 0 heterocycles. The molecule has 0 bridgehead atoms. The number of nitrogens with one attached hydrogen (secondary N) is 1. The molecule has 0 aromatic carbocycles. The van der Waals surface area contributed by atoms with Crippen LogP contribution >= 0.6 is 0 Å². The first-order valence-corrected chi connectivity index (χ1v) is 7.93. The number of hydrogen-bond acceptors (Lipinski definition) is 7. The van der Waals surface area contributed by atoms with E-state index in [0.717, 1.165) is 0 Å². The fourth-order valence-electron chi connectivity index (χ4n) is 3.35. The summed E-state index contributed by atoms with van der Waals surface area (Å²) in [6.07, 6.45) is 1.73. The van der Waals surface area contributed by atoms with Crippen molar-refractivity contribution >= 4 is 17.8 Å². The quantitative estimate of drug-likeness (QED) is 0.303. The van der Waals surface area contributed by atoms with Crippen LogP contribution in [0.1, 0.15) is 26.2 Å². The molecule has 24 heavy (non-hydrogen) atoms. The van der Waals surface area contributed by atoms with Gasteiger partial charge in [0.1, 0.15) is 5.54 Å². The molecule has 0 radical (unpaired) electrons. The van der Waals surface area contributed by atoms with Crippen molar-refractivity contribution in [3.63, 3.8) is 0 Å². The van der Waals surface area contributed by atoms with Crippen molar-refractivity contribution in [3.8, 4) is 0 Å². The van der Waals surface area contributed by atoms with Crippen molar-refractivity contribution in [3.05, 3.63) is 12.7 Å². The number of esters is 2. The van der Waals surface area contributed by atoms with Gasteiger partial charge in [0.2, 0.25) is 5.91 Å². The van der Waals surface area contributed by atoms with Crippen molar-refractivity contribution < 1.29 is 34.0 Å². The Morgan fingerprint density at radius 3 is 2.50 bits per heavy atom. The molecule has 1 amide bonds. The van der Waals surface area contributed by atoms with Crippen LogP contribution in [-0.2, 0) is 28.7 Å². The Kier molecular flexibility index (Phi) is 5.61. The van der Waals surface area contributed by atoms with E-state index in [2.05, 4.69) is 16.8 Å². The highest BCUT2D eigenvalue weighted by Crippen LogP contribution is 2.46. The minimum Gasteiger partial charge on any atom is -0.469 e. The van der Waals surface area contributed by atoms with E-state index in [0.29, 0.717) is 6.42 Å². The summed E-state index contributed by atoms with van der Waals surface area (Å²) in [5.74, 6) is -3.19. The molecule has 2 fully saturated rings. The fourth-order valence-corrected chi connectivity index (χ4v) is 3.35. The average Bonchev–Trinajstić information content (AvgIpc) is 3.12. The number of carbonyl (C=O) groups is 3. The zero-order valence-corrected chi connectivity index (χ0v) is 13.8. The molecule has 8 heteroatoms. The summed E-state index contributed by atoms with van der Waals surface area (Å²) >= 11 is 0. The van der Waals surface area contributed by atoms with E-state index < -0.39 is 41.3 Å². The molecule has 2 rings (SSSR count). The smallest absolute Gasteiger partial charge is 0.332 e. The summed E-state index contributed by atoms with van der Waals surface area (Å²) in [6.45, 7) is 5.55. The molecule has 0 unspecified atom stereocenters.